The molecule has 0 N–H and O–H groups in total. The van der Waals surface area contributed by atoms with Gasteiger partial charge in [0.2, 0.25) is 0 Å². The molecule has 0 aliphatic heterocycles. The highest BCUT2D eigenvalue weighted by Crippen LogP contribution is 2.48. The molecule has 0 aromatic heterocycles. The Hall–Kier alpha value is -1.11. The summed E-state index contributed by atoms with van der Waals surface area (Å²) >= 11 is 0. The molecular formula is C12H12O. The van der Waals surface area contributed by atoms with E-state index >= 15 is 0 Å². The molecule has 0 bridgehead atoms. The van der Waals surface area contributed by atoms with Gasteiger partial charge in [0.25, 0.3) is 0 Å². The number of aryl methyl sites for hydroxylation is 1. The van der Waals surface area contributed by atoms with E-state index in [9.17, 15) is 4.79 Å². The van der Waals surface area contributed by atoms with Crippen molar-refractivity contribution in [3.05, 3.63) is 34.9 Å². The van der Waals surface area contributed by atoms with Crippen LogP contribution >= 0.6 is 0 Å². The average molecular weight is 172 g/mol. The molecule has 0 spiro atoms. The van der Waals surface area contributed by atoms with Crippen molar-refractivity contribution in [2.24, 2.45) is 5.92 Å². The van der Waals surface area contributed by atoms with Crippen LogP contribution < -0.4 is 0 Å². The molecule has 0 heterocycles. The quantitative estimate of drug-likeness (QED) is 0.586. The van der Waals surface area contributed by atoms with Crippen LogP contribution in [0.25, 0.3) is 0 Å². The fourth-order valence-electron chi connectivity index (χ4n) is 2.64. The number of fused-ring (bicyclic) bond motifs is 3. The molecule has 1 saturated carbocycles. The molecule has 66 valence electrons. The van der Waals surface area contributed by atoms with Crippen LogP contribution in [0.1, 0.15) is 29.0 Å². The number of hydrogen-bond donors (Lipinski definition) is 0. The van der Waals surface area contributed by atoms with Gasteiger partial charge in [-0.1, -0.05) is 23.8 Å². The van der Waals surface area contributed by atoms with Crippen LogP contribution in [0.2, 0.25) is 0 Å². The van der Waals surface area contributed by atoms with Gasteiger partial charge in [0.05, 0.1) is 0 Å². The lowest BCUT2D eigenvalue weighted by Crippen LogP contribution is -2.31. The molecule has 0 saturated heterocycles. The minimum absolute atomic E-state index is 0.344. The predicted octanol–water partition coefficient (Wildman–Crippen LogP) is 2.22. The van der Waals surface area contributed by atoms with Gasteiger partial charge in [0, 0.05) is 18.3 Å². The summed E-state index contributed by atoms with van der Waals surface area (Å²) in [5, 5.41) is 0. The molecule has 13 heavy (non-hydrogen) atoms. The van der Waals surface area contributed by atoms with Crippen molar-refractivity contribution in [1.82, 2.24) is 0 Å². The molecule has 1 aromatic rings. The number of carbonyl (C=O) groups is 1. The molecule has 1 heteroatoms. The Bertz CT molecular complexity index is 392. The first-order chi connectivity index (χ1) is 6.25. The molecule has 0 unspecified atom stereocenters. The summed E-state index contributed by atoms with van der Waals surface area (Å²) in [6.07, 6.45) is 1.79. The number of ketones is 1. The Kier molecular flexibility index (Phi) is 1.25. The summed E-state index contributed by atoms with van der Waals surface area (Å²) in [7, 11) is 0. The number of rotatable bonds is 0. The molecule has 2 aliphatic carbocycles. The van der Waals surface area contributed by atoms with E-state index in [4.69, 9.17) is 0 Å². The van der Waals surface area contributed by atoms with Crippen molar-refractivity contribution < 1.29 is 4.79 Å². The minimum atomic E-state index is 0.344. The van der Waals surface area contributed by atoms with Crippen molar-refractivity contribution in [3.8, 4) is 0 Å². The zero-order valence-corrected chi connectivity index (χ0v) is 7.71. The lowest BCUT2D eigenvalue weighted by Gasteiger charge is -2.28. The van der Waals surface area contributed by atoms with Crippen LogP contribution in [0.15, 0.2) is 18.2 Å². The monoisotopic (exact) mass is 172 g/mol. The van der Waals surface area contributed by atoms with Crippen molar-refractivity contribution in [2.45, 2.75) is 25.7 Å². The second-order valence-electron chi connectivity index (χ2n) is 4.29. The minimum Gasteiger partial charge on any atom is -0.299 e. The third-order valence-electron chi connectivity index (χ3n) is 3.46. The molecule has 0 radical (unpaired) electrons. The third-order valence-corrected chi connectivity index (χ3v) is 3.46. The molecule has 0 amide bonds. The highest BCUT2D eigenvalue weighted by atomic mass is 16.1. The summed E-state index contributed by atoms with van der Waals surface area (Å²) in [4.78, 5) is 11.3. The van der Waals surface area contributed by atoms with Gasteiger partial charge in [0.15, 0.2) is 0 Å². The van der Waals surface area contributed by atoms with E-state index in [1.54, 1.807) is 0 Å². The van der Waals surface area contributed by atoms with E-state index in [2.05, 4.69) is 25.1 Å². The highest BCUT2D eigenvalue weighted by Gasteiger charge is 2.45. The van der Waals surface area contributed by atoms with E-state index in [1.807, 2.05) is 0 Å². The Labute approximate surface area is 77.8 Å². The molecule has 1 nitrogen and oxygen atoms in total. The zero-order valence-electron chi connectivity index (χ0n) is 7.71. The fourth-order valence-corrected chi connectivity index (χ4v) is 2.64. The third kappa shape index (κ3) is 0.846. The van der Waals surface area contributed by atoms with E-state index in [-0.39, 0.29) is 0 Å². The highest BCUT2D eigenvalue weighted by molar-refractivity contribution is 5.91. The first kappa shape index (κ1) is 7.31. The molecular weight excluding hydrogens is 160 g/mol. The summed E-state index contributed by atoms with van der Waals surface area (Å²) < 4.78 is 0. The van der Waals surface area contributed by atoms with Crippen LogP contribution in [-0.2, 0) is 11.2 Å². The van der Waals surface area contributed by atoms with E-state index < -0.39 is 0 Å². The van der Waals surface area contributed by atoms with Gasteiger partial charge in [-0.05, 0) is 24.5 Å². The first-order valence-electron chi connectivity index (χ1n) is 4.88. The van der Waals surface area contributed by atoms with Crippen molar-refractivity contribution in [3.63, 3.8) is 0 Å². The van der Waals surface area contributed by atoms with Crippen molar-refractivity contribution in [2.75, 3.05) is 0 Å². The lowest BCUT2D eigenvalue weighted by atomic mass is 9.73. The number of carbonyl (C=O) groups excluding carboxylic acids is 1. The summed E-state index contributed by atoms with van der Waals surface area (Å²) in [6, 6.07) is 6.59. The molecule has 2 aliphatic rings. The normalized spacial score (nSPS) is 29.5. The zero-order chi connectivity index (χ0) is 9.00. The van der Waals surface area contributed by atoms with E-state index in [0.717, 1.165) is 12.8 Å². The van der Waals surface area contributed by atoms with Gasteiger partial charge in [0.1, 0.15) is 5.78 Å². The van der Waals surface area contributed by atoms with E-state index in [0.29, 0.717) is 17.6 Å². The van der Waals surface area contributed by atoms with Gasteiger partial charge in [-0.2, -0.15) is 0 Å². The predicted molar refractivity (Wildman–Crippen MR) is 50.7 cm³/mol. The van der Waals surface area contributed by atoms with Crippen LogP contribution in [-0.4, -0.2) is 5.78 Å². The second-order valence-corrected chi connectivity index (χ2v) is 4.29. The van der Waals surface area contributed by atoms with Crippen LogP contribution in [0.4, 0.5) is 0 Å². The maximum absolute atomic E-state index is 11.3. The smallest absolute Gasteiger partial charge is 0.137 e. The first-order valence-corrected chi connectivity index (χ1v) is 4.88. The standard InChI is InChI=1S/C12H12O/c1-7-2-3-8-5-11-10(6-12(11)13)9(8)4-7/h2-4,10-11H,5-6H2,1H3/t10-,11+/m0/s1. The Morgan fingerprint density at radius 3 is 2.85 bits per heavy atom. The Balaban J connectivity index is 2.09. The number of hydrogen-bond acceptors (Lipinski definition) is 1. The SMILES string of the molecule is Cc1ccc2c(c1)[C@@H]1CC(=O)[C@@H]1C2. The molecule has 1 fully saturated rings. The average Bonchev–Trinajstić information content (AvgIpc) is 2.39. The molecule has 1 aromatic carbocycles. The van der Waals surface area contributed by atoms with Gasteiger partial charge in [-0.25, -0.2) is 0 Å². The summed E-state index contributed by atoms with van der Waals surface area (Å²) in [5.74, 6) is 1.39. The molecule has 2 atom stereocenters. The summed E-state index contributed by atoms with van der Waals surface area (Å²) in [6.45, 7) is 2.12. The van der Waals surface area contributed by atoms with Gasteiger partial charge in [-0.3, -0.25) is 4.79 Å². The largest absolute Gasteiger partial charge is 0.299 e. The van der Waals surface area contributed by atoms with Crippen LogP contribution in [0.5, 0.6) is 0 Å². The van der Waals surface area contributed by atoms with Crippen LogP contribution in [0, 0.1) is 12.8 Å². The van der Waals surface area contributed by atoms with Gasteiger partial charge in [-0.15, -0.1) is 0 Å². The van der Waals surface area contributed by atoms with E-state index in [1.165, 1.54) is 16.7 Å². The van der Waals surface area contributed by atoms with Crippen molar-refractivity contribution in [1.29, 1.82) is 0 Å². The maximum Gasteiger partial charge on any atom is 0.137 e. The Morgan fingerprint density at radius 2 is 2.08 bits per heavy atom. The summed E-state index contributed by atoms with van der Waals surface area (Å²) in [5.41, 5.74) is 4.18. The maximum atomic E-state index is 11.3. The molecule has 3 rings (SSSR count). The van der Waals surface area contributed by atoms with Crippen LogP contribution in [0.3, 0.4) is 0 Å². The van der Waals surface area contributed by atoms with Crippen molar-refractivity contribution >= 4 is 5.78 Å². The number of benzene rings is 1. The second kappa shape index (κ2) is 2.22. The topological polar surface area (TPSA) is 17.1 Å². The number of Topliss-reactive ketones (excluding diaryl/α,β-unsaturated/α-hetero) is 1. The fraction of sp³-hybridized carbons (Fsp3) is 0.417. The lowest BCUT2D eigenvalue weighted by molar-refractivity contribution is -0.130. The van der Waals surface area contributed by atoms with Gasteiger partial charge >= 0.3 is 0 Å². The Morgan fingerprint density at radius 1 is 1.23 bits per heavy atom. The van der Waals surface area contributed by atoms with Gasteiger partial charge < -0.3 is 0 Å².